The van der Waals surface area contributed by atoms with Crippen LogP contribution in [0.1, 0.15) is 35.9 Å². The van der Waals surface area contributed by atoms with Gasteiger partial charge in [0, 0.05) is 17.4 Å². The number of hydrogen-bond donors (Lipinski definition) is 1. The summed E-state index contributed by atoms with van der Waals surface area (Å²) in [6.45, 7) is 2.09. The van der Waals surface area contributed by atoms with Crippen LogP contribution < -0.4 is 5.73 Å². The van der Waals surface area contributed by atoms with E-state index in [1.807, 2.05) is 48.5 Å². The standard InChI is InChI=1S/C24H22N2OS/c1-2-3-14-20(27)23-22(25)21-18(16-10-6-4-7-11-16)15-19(26-24(21)28-23)17-12-8-5-9-13-17/h4-13,15H,2-3,14,25H2,1H3. The SMILES string of the molecule is CCCCC(=O)c1sc2nc(-c3ccccc3)cc(-c3ccccc3)c2c1N. The van der Waals surface area contributed by atoms with Gasteiger partial charge in [-0.1, -0.05) is 74.0 Å². The molecule has 4 aromatic rings. The van der Waals surface area contributed by atoms with E-state index in [4.69, 9.17) is 10.7 Å². The Morgan fingerprint density at radius 2 is 1.64 bits per heavy atom. The average molecular weight is 387 g/mol. The fourth-order valence-corrected chi connectivity index (χ4v) is 4.47. The molecular formula is C24H22N2OS. The highest BCUT2D eigenvalue weighted by Gasteiger charge is 2.21. The molecule has 2 heterocycles. The number of hydrogen-bond acceptors (Lipinski definition) is 4. The van der Waals surface area contributed by atoms with E-state index in [1.54, 1.807) is 0 Å². The lowest BCUT2D eigenvalue weighted by Crippen LogP contribution is -2.00. The summed E-state index contributed by atoms with van der Waals surface area (Å²) in [6.07, 6.45) is 2.39. The van der Waals surface area contributed by atoms with Crippen molar-refractivity contribution >= 4 is 33.0 Å². The van der Waals surface area contributed by atoms with Crippen molar-refractivity contribution in [3.8, 4) is 22.4 Å². The molecule has 28 heavy (non-hydrogen) atoms. The summed E-state index contributed by atoms with van der Waals surface area (Å²) in [4.78, 5) is 19.0. The summed E-state index contributed by atoms with van der Waals surface area (Å²) in [5.74, 6) is 0.114. The van der Waals surface area contributed by atoms with Gasteiger partial charge in [-0.15, -0.1) is 11.3 Å². The van der Waals surface area contributed by atoms with E-state index in [2.05, 4.69) is 25.1 Å². The quantitative estimate of drug-likeness (QED) is 0.381. The number of benzene rings is 2. The summed E-state index contributed by atoms with van der Waals surface area (Å²) < 4.78 is 0. The van der Waals surface area contributed by atoms with Crippen LogP contribution in [0.5, 0.6) is 0 Å². The molecular weight excluding hydrogens is 364 g/mol. The molecule has 0 saturated carbocycles. The monoisotopic (exact) mass is 386 g/mol. The minimum absolute atomic E-state index is 0.114. The highest BCUT2D eigenvalue weighted by Crippen LogP contribution is 2.41. The van der Waals surface area contributed by atoms with Gasteiger partial charge in [-0.2, -0.15) is 0 Å². The summed E-state index contributed by atoms with van der Waals surface area (Å²) in [6, 6.07) is 22.3. The van der Waals surface area contributed by atoms with Crippen LogP contribution in [0.25, 0.3) is 32.6 Å². The number of nitrogens with two attached hydrogens (primary N) is 1. The van der Waals surface area contributed by atoms with Gasteiger partial charge in [-0.3, -0.25) is 4.79 Å². The maximum Gasteiger partial charge on any atom is 0.174 e. The predicted octanol–water partition coefficient (Wildman–Crippen LogP) is 6.59. The first-order valence-electron chi connectivity index (χ1n) is 9.56. The molecule has 3 nitrogen and oxygen atoms in total. The van der Waals surface area contributed by atoms with E-state index in [-0.39, 0.29) is 5.78 Å². The number of nitrogen functional groups attached to an aromatic ring is 1. The highest BCUT2D eigenvalue weighted by atomic mass is 32.1. The Kier molecular flexibility index (Phi) is 5.22. The molecule has 0 bridgehead atoms. The van der Waals surface area contributed by atoms with Crippen molar-refractivity contribution in [1.29, 1.82) is 0 Å². The average Bonchev–Trinajstić information content (AvgIpc) is 3.09. The molecule has 2 N–H and O–H groups in total. The molecule has 0 radical (unpaired) electrons. The molecule has 0 amide bonds. The van der Waals surface area contributed by atoms with Crippen LogP contribution in [-0.4, -0.2) is 10.8 Å². The first-order chi connectivity index (χ1) is 13.7. The predicted molar refractivity (Wildman–Crippen MR) is 119 cm³/mol. The fourth-order valence-electron chi connectivity index (χ4n) is 3.38. The van der Waals surface area contributed by atoms with Gasteiger partial charge >= 0.3 is 0 Å². The third-order valence-electron chi connectivity index (χ3n) is 4.86. The van der Waals surface area contributed by atoms with Crippen molar-refractivity contribution in [3.63, 3.8) is 0 Å². The molecule has 0 aliphatic rings. The lowest BCUT2D eigenvalue weighted by molar-refractivity contribution is 0.0984. The topological polar surface area (TPSA) is 56.0 Å². The second kappa shape index (κ2) is 7.95. The van der Waals surface area contributed by atoms with Crippen LogP contribution in [0.3, 0.4) is 0 Å². The van der Waals surface area contributed by atoms with E-state index in [0.29, 0.717) is 17.0 Å². The minimum atomic E-state index is 0.114. The lowest BCUT2D eigenvalue weighted by atomic mass is 9.99. The first-order valence-corrected chi connectivity index (χ1v) is 10.4. The van der Waals surface area contributed by atoms with Crippen molar-refractivity contribution < 1.29 is 4.79 Å². The van der Waals surface area contributed by atoms with Crippen LogP contribution in [0, 0.1) is 0 Å². The molecule has 0 saturated heterocycles. The van der Waals surface area contributed by atoms with E-state index in [9.17, 15) is 4.79 Å². The van der Waals surface area contributed by atoms with E-state index >= 15 is 0 Å². The third-order valence-corrected chi connectivity index (χ3v) is 6.00. The molecule has 2 aromatic carbocycles. The number of fused-ring (bicyclic) bond motifs is 1. The summed E-state index contributed by atoms with van der Waals surface area (Å²) in [5.41, 5.74) is 11.1. The number of aromatic nitrogens is 1. The van der Waals surface area contributed by atoms with Crippen molar-refractivity contribution in [2.45, 2.75) is 26.2 Å². The molecule has 0 aliphatic carbocycles. The normalized spacial score (nSPS) is 11.0. The Bertz CT molecular complexity index is 1120. The number of nitrogens with zero attached hydrogens (tertiary/aromatic N) is 1. The zero-order chi connectivity index (χ0) is 19.5. The number of pyridine rings is 1. The van der Waals surface area contributed by atoms with E-state index < -0.39 is 0 Å². The van der Waals surface area contributed by atoms with Gasteiger partial charge in [0.15, 0.2) is 5.78 Å². The van der Waals surface area contributed by atoms with Crippen molar-refractivity contribution in [1.82, 2.24) is 4.98 Å². The fraction of sp³-hybridized carbons (Fsp3) is 0.167. The Balaban J connectivity index is 1.95. The zero-order valence-electron chi connectivity index (χ0n) is 15.8. The van der Waals surface area contributed by atoms with Gasteiger partial charge in [-0.05, 0) is 23.6 Å². The first kappa shape index (κ1) is 18.4. The van der Waals surface area contributed by atoms with Crippen LogP contribution in [-0.2, 0) is 0 Å². The van der Waals surface area contributed by atoms with Crippen LogP contribution in [0.2, 0.25) is 0 Å². The van der Waals surface area contributed by atoms with Gasteiger partial charge in [0.25, 0.3) is 0 Å². The van der Waals surface area contributed by atoms with Crippen LogP contribution in [0.4, 0.5) is 5.69 Å². The number of carbonyl (C=O) groups is 1. The van der Waals surface area contributed by atoms with Crippen molar-refractivity contribution in [2.75, 3.05) is 5.73 Å². The van der Waals surface area contributed by atoms with E-state index in [0.717, 1.165) is 45.4 Å². The summed E-state index contributed by atoms with van der Waals surface area (Å²) in [5, 5.41) is 0.885. The minimum Gasteiger partial charge on any atom is -0.397 e. The summed E-state index contributed by atoms with van der Waals surface area (Å²) >= 11 is 1.41. The second-order valence-corrected chi connectivity index (χ2v) is 7.84. The molecule has 140 valence electrons. The second-order valence-electron chi connectivity index (χ2n) is 6.84. The Morgan fingerprint density at radius 3 is 2.29 bits per heavy atom. The molecule has 0 aliphatic heterocycles. The van der Waals surface area contributed by atoms with Gasteiger partial charge < -0.3 is 5.73 Å². The number of rotatable bonds is 6. The molecule has 0 fully saturated rings. The van der Waals surface area contributed by atoms with Crippen molar-refractivity contribution in [3.05, 3.63) is 71.6 Å². The molecule has 4 rings (SSSR count). The van der Waals surface area contributed by atoms with Crippen molar-refractivity contribution in [2.24, 2.45) is 0 Å². The number of anilines is 1. The Labute approximate surface area is 168 Å². The molecule has 0 atom stereocenters. The number of unbranched alkanes of at least 4 members (excludes halogenated alkanes) is 1. The number of carbonyl (C=O) groups excluding carboxylic acids is 1. The van der Waals surface area contributed by atoms with Crippen LogP contribution >= 0.6 is 11.3 Å². The smallest absolute Gasteiger partial charge is 0.174 e. The molecule has 2 aromatic heterocycles. The molecule has 4 heteroatoms. The molecule has 0 unspecified atom stereocenters. The lowest BCUT2D eigenvalue weighted by Gasteiger charge is -2.09. The number of ketones is 1. The number of Topliss-reactive ketones (excluding diaryl/α,β-unsaturated/α-hetero) is 1. The highest BCUT2D eigenvalue weighted by molar-refractivity contribution is 7.21. The Morgan fingerprint density at radius 1 is 1.00 bits per heavy atom. The largest absolute Gasteiger partial charge is 0.397 e. The zero-order valence-corrected chi connectivity index (χ0v) is 16.6. The van der Waals surface area contributed by atoms with Gasteiger partial charge in [0.1, 0.15) is 4.83 Å². The van der Waals surface area contributed by atoms with Crippen LogP contribution in [0.15, 0.2) is 66.7 Å². The van der Waals surface area contributed by atoms with E-state index in [1.165, 1.54) is 11.3 Å². The summed E-state index contributed by atoms with van der Waals surface area (Å²) in [7, 11) is 0. The third kappa shape index (κ3) is 3.43. The van der Waals surface area contributed by atoms with Gasteiger partial charge in [0.05, 0.1) is 16.3 Å². The maximum absolute atomic E-state index is 12.7. The molecule has 0 spiro atoms. The van der Waals surface area contributed by atoms with Gasteiger partial charge in [-0.25, -0.2) is 4.98 Å². The number of thiophene rings is 1. The maximum atomic E-state index is 12.7. The Hall–Kier alpha value is -2.98. The van der Waals surface area contributed by atoms with Gasteiger partial charge in [0.2, 0.25) is 0 Å².